The summed E-state index contributed by atoms with van der Waals surface area (Å²) in [6, 6.07) is 6.05. The van der Waals surface area contributed by atoms with Gasteiger partial charge >= 0.3 is 0 Å². The van der Waals surface area contributed by atoms with Gasteiger partial charge in [0.2, 0.25) is 0 Å². The average Bonchev–Trinajstić information content (AvgIpc) is 3.07. The van der Waals surface area contributed by atoms with Crippen molar-refractivity contribution in [3.8, 4) is 17.0 Å². The number of rotatable bonds is 4. The van der Waals surface area contributed by atoms with Crippen molar-refractivity contribution in [3.63, 3.8) is 0 Å². The standard InChI is InChI=1S/C18H21N5O2/c1-25-16-10-17(21-13-2-4-14(24)5-3-13)22-23-15(11-20-18(16)23)12-6-8-19-9-7-12/h6-11,13-14,24H,2-5H2,1H3,(H,21,22)/t13-,14-. The molecule has 0 radical (unpaired) electrons. The molecule has 0 atom stereocenters. The van der Waals surface area contributed by atoms with E-state index in [9.17, 15) is 5.11 Å². The third-order valence-electron chi connectivity index (χ3n) is 4.68. The Balaban J connectivity index is 1.71. The molecule has 0 aliphatic heterocycles. The van der Waals surface area contributed by atoms with Crippen molar-refractivity contribution < 1.29 is 9.84 Å². The lowest BCUT2D eigenvalue weighted by Gasteiger charge is -2.26. The van der Waals surface area contributed by atoms with Crippen LogP contribution in [0.5, 0.6) is 5.75 Å². The Morgan fingerprint density at radius 3 is 2.68 bits per heavy atom. The Labute approximate surface area is 145 Å². The van der Waals surface area contributed by atoms with Gasteiger partial charge in [-0.2, -0.15) is 0 Å². The highest BCUT2D eigenvalue weighted by molar-refractivity contribution is 5.67. The Kier molecular flexibility index (Phi) is 4.23. The molecule has 130 valence electrons. The number of fused-ring (bicyclic) bond motifs is 1. The average molecular weight is 339 g/mol. The lowest BCUT2D eigenvalue weighted by atomic mass is 9.93. The maximum absolute atomic E-state index is 9.67. The van der Waals surface area contributed by atoms with Gasteiger partial charge < -0.3 is 15.2 Å². The van der Waals surface area contributed by atoms with Gasteiger partial charge in [-0.05, 0) is 37.8 Å². The van der Waals surface area contributed by atoms with Gasteiger partial charge in [0.25, 0.3) is 0 Å². The Morgan fingerprint density at radius 2 is 1.96 bits per heavy atom. The Hall–Kier alpha value is -2.67. The van der Waals surface area contributed by atoms with Crippen LogP contribution in [-0.2, 0) is 0 Å². The zero-order valence-electron chi connectivity index (χ0n) is 14.1. The number of anilines is 1. The Bertz CT molecular complexity index is 857. The van der Waals surface area contributed by atoms with E-state index in [1.54, 1.807) is 30.2 Å². The van der Waals surface area contributed by atoms with Gasteiger partial charge in [-0.25, -0.2) is 9.50 Å². The number of aliphatic hydroxyl groups is 1. The summed E-state index contributed by atoms with van der Waals surface area (Å²) >= 11 is 0. The van der Waals surface area contributed by atoms with Crippen LogP contribution < -0.4 is 10.1 Å². The molecule has 0 amide bonds. The highest BCUT2D eigenvalue weighted by atomic mass is 16.5. The molecule has 0 bridgehead atoms. The summed E-state index contributed by atoms with van der Waals surface area (Å²) in [4.78, 5) is 8.52. The number of pyridine rings is 1. The molecule has 1 aliphatic carbocycles. The zero-order valence-corrected chi connectivity index (χ0v) is 14.1. The predicted molar refractivity (Wildman–Crippen MR) is 94.7 cm³/mol. The van der Waals surface area contributed by atoms with Crippen LogP contribution in [0.1, 0.15) is 25.7 Å². The second-order valence-electron chi connectivity index (χ2n) is 6.36. The van der Waals surface area contributed by atoms with Gasteiger partial charge in [-0.15, -0.1) is 5.10 Å². The van der Waals surface area contributed by atoms with Crippen molar-refractivity contribution in [2.45, 2.75) is 37.8 Å². The van der Waals surface area contributed by atoms with Crippen molar-refractivity contribution in [2.24, 2.45) is 0 Å². The van der Waals surface area contributed by atoms with Gasteiger partial charge in [0, 0.05) is 30.1 Å². The van der Waals surface area contributed by atoms with Crippen molar-refractivity contribution in [1.82, 2.24) is 19.6 Å². The monoisotopic (exact) mass is 339 g/mol. The fraction of sp³-hybridized carbons (Fsp3) is 0.389. The van der Waals surface area contributed by atoms with Crippen LogP contribution >= 0.6 is 0 Å². The molecule has 3 aromatic rings. The summed E-state index contributed by atoms with van der Waals surface area (Å²) in [5.74, 6) is 1.42. The minimum absolute atomic E-state index is 0.171. The number of hydrogen-bond acceptors (Lipinski definition) is 6. The highest BCUT2D eigenvalue weighted by Crippen LogP contribution is 2.28. The van der Waals surface area contributed by atoms with Crippen molar-refractivity contribution in [2.75, 3.05) is 12.4 Å². The molecule has 0 spiro atoms. The number of methoxy groups -OCH3 is 1. The molecule has 25 heavy (non-hydrogen) atoms. The number of hydrogen-bond donors (Lipinski definition) is 2. The molecule has 7 heteroatoms. The SMILES string of the molecule is COc1cc(N[C@H]2CC[C@H](O)CC2)nn2c(-c3ccncc3)cnc12. The molecule has 7 nitrogen and oxygen atoms in total. The van der Waals surface area contributed by atoms with E-state index >= 15 is 0 Å². The topological polar surface area (TPSA) is 84.6 Å². The van der Waals surface area contributed by atoms with Crippen LogP contribution in [0.15, 0.2) is 36.8 Å². The minimum Gasteiger partial charge on any atom is -0.493 e. The van der Waals surface area contributed by atoms with E-state index in [0.717, 1.165) is 42.8 Å². The molecule has 2 N–H and O–H groups in total. The van der Waals surface area contributed by atoms with E-state index < -0.39 is 0 Å². The van der Waals surface area contributed by atoms with Crippen LogP contribution in [0.2, 0.25) is 0 Å². The maximum Gasteiger partial charge on any atom is 0.197 e. The number of aliphatic hydroxyl groups excluding tert-OH is 1. The second kappa shape index (κ2) is 6.68. The number of ether oxygens (including phenoxy) is 1. The summed E-state index contributed by atoms with van der Waals surface area (Å²) in [5, 5.41) is 17.9. The lowest BCUT2D eigenvalue weighted by Crippen LogP contribution is -2.28. The molecule has 1 saturated carbocycles. The number of nitrogens with zero attached hydrogens (tertiary/aromatic N) is 4. The fourth-order valence-electron chi connectivity index (χ4n) is 3.31. The molecule has 3 aromatic heterocycles. The van der Waals surface area contributed by atoms with Gasteiger partial charge in [0.1, 0.15) is 0 Å². The predicted octanol–water partition coefficient (Wildman–Crippen LogP) is 2.52. The largest absolute Gasteiger partial charge is 0.493 e. The molecular weight excluding hydrogens is 318 g/mol. The van der Waals surface area contributed by atoms with Crippen LogP contribution in [0, 0.1) is 0 Å². The molecule has 0 aromatic carbocycles. The molecule has 3 heterocycles. The third-order valence-corrected chi connectivity index (χ3v) is 4.68. The minimum atomic E-state index is -0.171. The second-order valence-corrected chi connectivity index (χ2v) is 6.36. The zero-order chi connectivity index (χ0) is 17.2. The Morgan fingerprint density at radius 1 is 1.20 bits per heavy atom. The summed E-state index contributed by atoms with van der Waals surface area (Å²) in [7, 11) is 1.64. The van der Waals surface area contributed by atoms with E-state index in [2.05, 4.69) is 15.3 Å². The summed E-state index contributed by atoms with van der Waals surface area (Å²) in [5.41, 5.74) is 2.56. The van der Waals surface area contributed by atoms with Crippen LogP contribution in [0.3, 0.4) is 0 Å². The number of aromatic nitrogens is 4. The van der Waals surface area contributed by atoms with Gasteiger partial charge in [0.15, 0.2) is 17.2 Å². The smallest absolute Gasteiger partial charge is 0.197 e. The fourth-order valence-corrected chi connectivity index (χ4v) is 3.31. The van der Waals surface area contributed by atoms with E-state index in [-0.39, 0.29) is 6.10 Å². The van der Waals surface area contributed by atoms with Crippen LogP contribution in [0.4, 0.5) is 5.82 Å². The first-order valence-electron chi connectivity index (χ1n) is 8.52. The van der Waals surface area contributed by atoms with E-state index in [1.807, 2.05) is 18.2 Å². The number of imidazole rings is 1. The van der Waals surface area contributed by atoms with E-state index in [1.165, 1.54) is 0 Å². The lowest BCUT2D eigenvalue weighted by molar-refractivity contribution is 0.126. The van der Waals surface area contributed by atoms with Crippen molar-refractivity contribution >= 4 is 11.5 Å². The van der Waals surface area contributed by atoms with Crippen LogP contribution in [0.25, 0.3) is 16.9 Å². The summed E-state index contributed by atoms with van der Waals surface area (Å²) < 4.78 is 7.31. The normalized spacial score (nSPS) is 20.6. The first-order chi connectivity index (χ1) is 12.2. The van der Waals surface area contributed by atoms with Crippen LogP contribution in [-0.4, -0.2) is 43.9 Å². The summed E-state index contributed by atoms with van der Waals surface area (Å²) in [6.07, 6.45) is 8.64. The quantitative estimate of drug-likeness (QED) is 0.760. The highest BCUT2D eigenvalue weighted by Gasteiger charge is 2.21. The first kappa shape index (κ1) is 15.8. The maximum atomic E-state index is 9.67. The summed E-state index contributed by atoms with van der Waals surface area (Å²) in [6.45, 7) is 0. The van der Waals surface area contributed by atoms with E-state index in [4.69, 9.17) is 9.84 Å². The van der Waals surface area contributed by atoms with Crippen molar-refractivity contribution in [3.05, 3.63) is 36.8 Å². The molecule has 0 unspecified atom stereocenters. The number of nitrogens with one attached hydrogen (secondary N) is 1. The van der Waals surface area contributed by atoms with Gasteiger partial charge in [-0.3, -0.25) is 4.98 Å². The van der Waals surface area contributed by atoms with E-state index in [0.29, 0.717) is 17.4 Å². The molecular formula is C18H21N5O2. The molecule has 0 saturated heterocycles. The van der Waals surface area contributed by atoms with Gasteiger partial charge in [0.05, 0.1) is 25.1 Å². The van der Waals surface area contributed by atoms with Gasteiger partial charge in [-0.1, -0.05) is 0 Å². The molecule has 1 aliphatic rings. The molecule has 4 rings (SSSR count). The van der Waals surface area contributed by atoms with Crippen molar-refractivity contribution in [1.29, 1.82) is 0 Å². The molecule has 1 fully saturated rings. The third kappa shape index (κ3) is 3.15. The first-order valence-corrected chi connectivity index (χ1v) is 8.52.